The van der Waals surface area contributed by atoms with Gasteiger partial charge in [-0.2, -0.15) is 0 Å². The maximum atomic E-state index is 12.8. The predicted molar refractivity (Wildman–Crippen MR) is 97.0 cm³/mol. The van der Waals surface area contributed by atoms with Gasteiger partial charge in [0.05, 0.1) is 12.9 Å². The smallest absolute Gasteiger partial charge is 0.230 e. The van der Waals surface area contributed by atoms with E-state index >= 15 is 0 Å². The highest BCUT2D eigenvalue weighted by Crippen LogP contribution is 2.24. The van der Waals surface area contributed by atoms with E-state index in [0.717, 1.165) is 22.6 Å². The highest BCUT2D eigenvalue weighted by atomic mass is 32.2. The van der Waals surface area contributed by atoms with Crippen molar-refractivity contribution in [1.82, 2.24) is 5.32 Å². The number of carbonyl (C=O) groups is 1. The first-order valence-corrected chi connectivity index (χ1v) is 8.96. The van der Waals surface area contributed by atoms with Gasteiger partial charge in [-0.3, -0.25) is 4.79 Å². The predicted octanol–water partition coefficient (Wildman–Crippen LogP) is 3.73. The van der Waals surface area contributed by atoms with Crippen LogP contribution in [-0.4, -0.2) is 25.3 Å². The number of thioether (sulfide) groups is 1. The summed E-state index contributed by atoms with van der Waals surface area (Å²) in [5.74, 6) is 1.75. The van der Waals surface area contributed by atoms with E-state index in [1.807, 2.05) is 19.1 Å². The Balaban J connectivity index is 1.70. The van der Waals surface area contributed by atoms with Crippen molar-refractivity contribution in [2.24, 2.45) is 0 Å². The van der Waals surface area contributed by atoms with Crippen molar-refractivity contribution < 1.29 is 13.9 Å². The number of hydrogen-bond donors (Lipinski definition) is 1. The molecule has 2 aromatic rings. The van der Waals surface area contributed by atoms with Crippen molar-refractivity contribution in [1.29, 1.82) is 0 Å². The molecule has 0 saturated carbocycles. The van der Waals surface area contributed by atoms with Gasteiger partial charge in [-0.15, -0.1) is 11.8 Å². The Bertz CT molecular complexity index is 674. The molecule has 0 unspecified atom stereocenters. The molecule has 0 atom stereocenters. The minimum atomic E-state index is -0.245. The lowest BCUT2D eigenvalue weighted by molar-refractivity contribution is -0.118. The first kappa shape index (κ1) is 18.3. The standard InChI is InChI=1S/C19H22FNO2S/c1-14-3-8-18(23-2)16(11-14)12-24-13-19(22)21-10-9-15-4-6-17(20)7-5-15/h3-8,11H,9-10,12-13H2,1-2H3,(H,21,22). The summed E-state index contributed by atoms with van der Waals surface area (Å²) in [6, 6.07) is 12.4. The molecule has 0 spiro atoms. The van der Waals surface area contributed by atoms with Gasteiger partial charge in [0.2, 0.25) is 5.91 Å². The summed E-state index contributed by atoms with van der Waals surface area (Å²) in [5.41, 5.74) is 3.28. The molecular formula is C19H22FNO2S. The number of halogens is 1. The number of benzene rings is 2. The normalized spacial score (nSPS) is 10.5. The van der Waals surface area contributed by atoms with Gasteiger partial charge in [-0.05, 0) is 37.1 Å². The molecule has 0 heterocycles. The van der Waals surface area contributed by atoms with Gasteiger partial charge in [0.15, 0.2) is 0 Å². The maximum Gasteiger partial charge on any atom is 0.230 e. The van der Waals surface area contributed by atoms with E-state index < -0.39 is 0 Å². The van der Waals surface area contributed by atoms with Crippen LogP contribution in [-0.2, 0) is 17.0 Å². The SMILES string of the molecule is COc1ccc(C)cc1CSCC(=O)NCCc1ccc(F)cc1. The molecule has 1 N–H and O–H groups in total. The number of rotatable bonds is 8. The second-order valence-electron chi connectivity index (χ2n) is 5.53. The van der Waals surface area contributed by atoms with Crippen molar-refractivity contribution in [3.8, 4) is 5.75 Å². The lowest BCUT2D eigenvalue weighted by Gasteiger charge is -2.09. The van der Waals surface area contributed by atoms with Gasteiger partial charge < -0.3 is 10.1 Å². The molecule has 0 aliphatic carbocycles. The fraction of sp³-hybridized carbons (Fsp3) is 0.316. The summed E-state index contributed by atoms with van der Waals surface area (Å²) in [4.78, 5) is 11.9. The average Bonchev–Trinajstić information content (AvgIpc) is 2.57. The van der Waals surface area contributed by atoms with Crippen LogP contribution in [0.25, 0.3) is 0 Å². The number of hydrogen-bond acceptors (Lipinski definition) is 3. The van der Waals surface area contributed by atoms with Gasteiger partial charge in [-0.25, -0.2) is 4.39 Å². The molecule has 5 heteroatoms. The van der Waals surface area contributed by atoms with Crippen molar-refractivity contribution in [2.45, 2.75) is 19.1 Å². The van der Waals surface area contributed by atoms with Crippen LogP contribution in [0.15, 0.2) is 42.5 Å². The number of ether oxygens (including phenoxy) is 1. The second-order valence-corrected chi connectivity index (χ2v) is 6.52. The Morgan fingerprint density at radius 2 is 1.96 bits per heavy atom. The lowest BCUT2D eigenvalue weighted by atomic mass is 10.1. The molecule has 2 aromatic carbocycles. The molecule has 3 nitrogen and oxygen atoms in total. The minimum absolute atomic E-state index is 0.00808. The highest BCUT2D eigenvalue weighted by molar-refractivity contribution is 7.99. The van der Waals surface area contributed by atoms with Gasteiger partial charge in [0.1, 0.15) is 11.6 Å². The first-order chi connectivity index (χ1) is 11.6. The van der Waals surface area contributed by atoms with Crippen molar-refractivity contribution in [2.75, 3.05) is 19.4 Å². The van der Waals surface area contributed by atoms with Crippen LogP contribution in [0.3, 0.4) is 0 Å². The third-order valence-corrected chi connectivity index (χ3v) is 4.56. The van der Waals surface area contributed by atoms with E-state index in [2.05, 4.69) is 11.4 Å². The van der Waals surface area contributed by atoms with Crippen LogP contribution >= 0.6 is 11.8 Å². The molecule has 0 bridgehead atoms. The first-order valence-electron chi connectivity index (χ1n) is 7.81. The van der Waals surface area contributed by atoms with Gasteiger partial charge >= 0.3 is 0 Å². The van der Waals surface area contributed by atoms with Crippen molar-refractivity contribution in [3.05, 3.63) is 65.0 Å². The van der Waals surface area contributed by atoms with E-state index in [4.69, 9.17) is 4.74 Å². The number of methoxy groups -OCH3 is 1. The molecule has 24 heavy (non-hydrogen) atoms. The van der Waals surface area contributed by atoms with Crippen molar-refractivity contribution >= 4 is 17.7 Å². The Morgan fingerprint density at radius 1 is 1.21 bits per heavy atom. The third kappa shape index (κ3) is 5.89. The molecule has 0 fully saturated rings. The zero-order valence-corrected chi connectivity index (χ0v) is 14.8. The molecule has 0 saturated heterocycles. The zero-order chi connectivity index (χ0) is 17.4. The summed E-state index contributed by atoms with van der Waals surface area (Å²) in [6.45, 7) is 2.59. The Labute approximate surface area is 146 Å². The minimum Gasteiger partial charge on any atom is -0.496 e. The van der Waals surface area contributed by atoms with E-state index in [9.17, 15) is 9.18 Å². The van der Waals surface area contributed by atoms with Crippen LogP contribution in [0.4, 0.5) is 4.39 Å². The lowest BCUT2D eigenvalue weighted by Crippen LogP contribution is -2.27. The molecule has 0 radical (unpaired) electrons. The summed E-state index contributed by atoms with van der Waals surface area (Å²) in [7, 11) is 1.65. The highest BCUT2D eigenvalue weighted by Gasteiger charge is 2.06. The van der Waals surface area contributed by atoms with E-state index in [1.165, 1.54) is 17.7 Å². The summed E-state index contributed by atoms with van der Waals surface area (Å²) >= 11 is 1.56. The van der Waals surface area contributed by atoms with Gasteiger partial charge in [0, 0.05) is 17.9 Å². The van der Waals surface area contributed by atoms with Crippen LogP contribution < -0.4 is 10.1 Å². The Hall–Kier alpha value is -2.01. The van der Waals surface area contributed by atoms with Gasteiger partial charge in [0.25, 0.3) is 0 Å². The van der Waals surface area contributed by atoms with Crippen LogP contribution in [0.2, 0.25) is 0 Å². The topological polar surface area (TPSA) is 38.3 Å². The average molecular weight is 347 g/mol. The molecular weight excluding hydrogens is 325 g/mol. The van der Waals surface area contributed by atoms with Gasteiger partial charge in [-0.1, -0.05) is 29.8 Å². The molecule has 0 aliphatic heterocycles. The van der Waals surface area contributed by atoms with E-state index in [0.29, 0.717) is 18.7 Å². The molecule has 0 aliphatic rings. The second kappa shape index (κ2) is 9.33. The Morgan fingerprint density at radius 3 is 2.67 bits per heavy atom. The monoisotopic (exact) mass is 347 g/mol. The fourth-order valence-electron chi connectivity index (χ4n) is 2.32. The summed E-state index contributed by atoms with van der Waals surface area (Å²) < 4.78 is 18.2. The quantitative estimate of drug-likeness (QED) is 0.791. The van der Waals surface area contributed by atoms with Crippen LogP contribution in [0.5, 0.6) is 5.75 Å². The van der Waals surface area contributed by atoms with Crippen molar-refractivity contribution in [3.63, 3.8) is 0 Å². The number of amides is 1. The largest absolute Gasteiger partial charge is 0.496 e. The Kier molecular flexibility index (Phi) is 7.12. The van der Waals surface area contributed by atoms with E-state index in [-0.39, 0.29) is 11.7 Å². The zero-order valence-electron chi connectivity index (χ0n) is 14.0. The van der Waals surface area contributed by atoms with Crippen LogP contribution in [0.1, 0.15) is 16.7 Å². The molecule has 2 rings (SSSR count). The number of carbonyl (C=O) groups excluding carboxylic acids is 1. The summed E-state index contributed by atoms with van der Waals surface area (Å²) in [5, 5.41) is 2.89. The fourth-order valence-corrected chi connectivity index (χ4v) is 3.16. The molecule has 0 aromatic heterocycles. The van der Waals surface area contributed by atoms with Crippen LogP contribution in [0, 0.1) is 12.7 Å². The number of aryl methyl sites for hydroxylation is 1. The molecule has 128 valence electrons. The summed E-state index contributed by atoms with van der Waals surface area (Å²) in [6.07, 6.45) is 0.697. The van der Waals surface area contributed by atoms with E-state index in [1.54, 1.807) is 31.0 Å². The third-order valence-electron chi connectivity index (χ3n) is 3.58. The molecule has 1 amide bonds. The maximum absolute atomic E-state index is 12.8. The number of nitrogens with one attached hydrogen (secondary N) is 1.